The minimum absolute atomic E-state index is 0.107. The van der Waals surface area contributed by atoms with Gasteiger partial charge in [-0.15, -0.1) is 0 Å². The third-order valence-corrected chi connectivity index (χ3v) is 2.25. The molecule has 0 saturated carbocycles. The summed E-state index contributed by atoms with van der Waals surface area (Å²) in [6.45, 7) is 4.27. The van der Waals surface area contributed by atoms with Crippen LogP contribution in [-0.2, 0) is 14.2 Å². The third kappa shape index (κ3) is 1.12. The van der Waals surface area contributed by atoms with Crippen LogP contribution in [0.3, 0.4) is 0 Å². The van der Waals surface area contributed by atoms with Crippen LogP contribution in [0.2, 0.25) is 0 Å². The molecule has 0 aromatic heterocycles. The highest BCUT2D eigenvalue weighted by Gasteiger charge is 2.47. The Bertz CT molecular complexity index is 182. The van der Waals surface area contributed by atoms with Gasteiger partial charge in [0.15, 0.2) is 0 Å². The summed E-state index contributed by atoms with van der Waals surface area (Å²) < 4.78 is 15.8. The van der Waals surface area contributed by atoms with E-state index in [0.29, 0.717) is 13.2 Å². The van der Waals surface area contributed by atoms with E-state index in [2.05, 4.69) is 6.58 Å². The molecular formula is C8H12O4. The van der Waals surface area contributed by atoms with Crippen molar-refractivity contribution >= 4 is 0 Å². The Hall–Kier alpha value is -0.580. The highest BCUT2D eigenvalue weighted by molar-refractivity contribution is 4.95. The summed E-state index contributed by atoms with van der Waals surface area (Å²) in [5, 5.41) is 9.35. The van der Waals surface area contributed by atoms with E-state index in [1.807, 2.05) is 0 Å². The Labute approximate surface area is 70.7 Å². The molecule has 0 aromatic carbocycles. The lowest BCUT2D eigenvalue weighted by Gasteiger charge is -2.14. The standard InChI is InChI=1S/C8H12O4/c1-2-10-6-4-12-7-5(9)3-11-8(6)7/h2,5-9H,1,3-4H2/t5-,6+,7+,8+/m0/s1. The third-order valence-electron chi connectivity index (χ3n) is 2.25. The molecule has 12 heavy (non-hydrogen) atoms. The molecule has 68 valence electrons. The molecule has 2 fully saturated rings. The minimum atomic E-state index is -0.506. The Morgan fingerprint density at radius 1 is 1.33 bits per heavy atom. The van der Waals surface area contributed by atoms with Crippen molar-refractivity contribution in [3.63, 3.8) is 0 Å². The van der Waals surface area contributed by atoms with Gasteiger partial charge in [0.25, 0.3) is 0 Å². The summed E-state index contributed by atoms with van der Waals surface area (Å²) in [7, 11) is 0. The first kappa shape index (κ1) is 8.04. The van der Waals surface area contributed by atoms with Gasteiger partial charge in [0.05, 0.1) is 19.5 Å². The van der Waals surface area contributed by atoms with E-state index in [1.165, 1.54) is 6.26 Å². The molecule has 2 heterocycles. The molecule has 2 aliphatic heterocycles. The van der Waals surface area contributed by atoms with Gasteiger partial charge in [-0.1, -0.05) is 6.58 Å². The topological polar surface area (TPSA) is 47.9 Å². The number of aliphatic hydroxyl groups is 1. The van der Waals surface area contributed by atoms with Crippen molar-refractivity contribution < 1.29 is 19.3 Å². The average molecular weight is 172 g/mol. The first-order valence-electron chi connectivity index (χ1n) is 4.00. The molecule has 4 atom stereocenters. The SMILES string of the molecule is C=CO[C@@H]1CO[C@H]2[C@@H]1OC[C@@H]2O. The van der Waals surface area contributed by atoms with Gasteiger partial charge < -0.3 is 19.3 Å². The van der Waals surface area contributed by atoms with Crippen molar-refractivity contribution in [2.45, 2.75) is 24.4 Å². The van der Waals surface area contributed by atoms with Crippen molar-refractivity contribution in [1.82, 2.24) is 0 Å². The maximum Gasteiger partial charge on any atom is 0.150 e. The minimum Gasteiger partial charge on any atom is -0.493 e. The van der Waals surface area contributed by atoms with Crippen LogP contribution in [0.5, 0.6) is 0 Å². The lowest BCUT2D eigenvalue weighted by Crippen LogP contribution is -2.31. The highest BCUT2D eigenvalue weighted by atomic mass is 16.6. The number of hydrogen-bond acceptors (Lipinski definition) is 4. The fourth-order valence-corrected chi connectivity index (χ4v) is 1.68. The van der Waals surface area contributed by atoms with Crippen molar-refractivity contribution in [2.75, 3.05) is 13.2 Å². The molecule has 4 nitrogen and oxygen atoms in total. The van der Waals surface area contributed by atoms with Crippen molar-refractivity contribution in [2.24, 2.45) is 0 Å². The normalized spacial score (nSPS) is 45.8. The molecule has 2 rings (SSSR count). The molecule has 0 aromatic rings. The summed E-state index contributed by atoms with van der Waals surface area (Å²) in [4.78, 5) is 0. The highest BCUT2D eigenvalue weighted by Crippen LogP contribution is 2.28. The number of aliphatic hydroxyl groups excluding tert-OH is 1. The molecule has 0 spiro atoms. The Morgan fingerprint density at radius 2 is 2.08 bits per heavy atom. The maximum atomic E-state index is 9.35. The van der Waals surface area contributed by atoms with Gasteiger partial charge in [-0.05, 0) is 0 Å². The molecule has 0 unspecified atom stereocenters. The summed E-state index contributed by atoms with van der Waals surface area (Å²) in [5.41, 5.74) is 0. The second-order valence-electron chi connectivity index (χ2n) is 3.00. The maximum absolute atomic E-state index is 9.35. The first-order valence-corrected chi connectivity index (χ1v) is 4.00. The molecule has 0 amide bonds. The lowest BCUT2D eigenvalue weighted by molar-refractivity contribution is -0.00322. The molecular weight excluding hydrogens is 160 g/mol. The smallest absolute Gasteiger partial charge is 0.150 e. The van der Waals surface area contributed by atoms with Crippen LogP contribution < -0.4 is 0 Å². The van der Waals surface area contributed by atoms with E-state index >= 15 is 0 Å². The van der Waals surface area contributed by atoms with Crippen LogP contribution in [0.4, 0.5) is 0 Å². The van der Waals surface area contributed by atoms with E-state index < -0.39 is 6.10 Å². The van der Waals surface area contributed by atoms with Gasteiger partial charge in [-0.3, -0.25) is 0 Å². The van der Waals surface area contributed by atoms with Crippen LogP contribution in [0, 0.1) is 0 Å². The zero-order valence-corrected chi connectivity index (χ0v) is 6.68. The second-order valence-corrected chi connectivity index (χ2v) is 3.00. The molecule has 2 aliphatic rings. The summed E-state index contributed by atoms with van der Waals surface area (Å²) in [6.07, 6.45) is 0.427. The fourth-order valence-electron chi connectivity index (χ4n) is 1.68. The quantitative estimate of drug-likeness (QED) is 0.579. The van der Waals surface area contributed by atoms with Gasteiger partial charge in [0.2, 0.25) is 0 Å². The zero-order valence-electron chi connectivity index (χ0n) is 6.68. The Kier molecular flexibility index (Phi) is 2.04. The number of hydrogen-bond donors (Lipinski definition) is 1. The fraction of sp³-hybridized carbons (Fsp3) is 0.750. The monoisotopic (exact) mass is 172 g/mol. The summed E-state index contributed by atoms with van der Waals surface area (Å²) >= 11 is 0. The van der Waals surface area contributed by atoms with Crippen LogP contribution in [-0.4, -0.2) is 42.7 Å². The summed E-state index contributed by atoms with van der Waals surface area (Å²) in [6, 6.07) is 0. The van der Waals surface area contributed by atoms with Crippen LogP contribution >= 0.6 is 0 Å². The van der Waals surface area contributed by atoms with Crippen molar-refractivity contribution in [3.05, 3.63) is 12.8 Å². The van der Waals surface area contributed by atoms with Gasteiger partial charge in [0, 0.05) is 0 Å². The largest absolute Gasteiger partial charge is 0.493 e. The molecule has 0 radical (unpaired) electrons. The summed E-state index contributed by atoms with van der Waals surface area (Å²) in [5.74, 6) is 0. The van der Waals surface area contributed by atoms with Crippen molar-refractivity contribution in [1.29, 1.82) is 0 Å². The number of fused-ring (bicyclic) bond motifs is 1. The first-order chi connectivity index (χ1) is 5.83. The van der Waals surface area contributed by atoms with Crippen LogP contribution in [0.1, 0.15) is 0 Å². The van der Waals surface area contributed by atoms with Gasteiger partial charge in [-0.2, -0.15) is 0 Å². The van der Waals surface area contributed by atoms with E-state index in [1.54, 1.807) is 0 Å². The molecule has 1 N–H and O–H groups in total. The molecule has 0 aliphatic carbocycles. The van der Waals surface area contributed by atoms with Crippen molar-refractivity contribution in [3.8, 4) is 0 Å². The molecule has 0 bridgehead atoms. The average Bonchev–Trinajstić information content (AvgIpc) is 2.58. The second kappa shape index (κ2) is 3.05. The van der Waals surface area contributed by atoms with E-state index in [0.717, 1.165) is 0 Å². The van der Waals surface area contributed by atoms with E-state index in [9.17, 15) is 5.11 Å². The van der Waals surface area contributed by atoms with Gasteiger partial charge in [0.1, 0.15) is 24.4 Å². The van der Waals surface area contributed by atoms with E-state index in [-0.39, 0.29) is 18.3 Å². The number of ether oxygens (including phenoxy) is 3. The lowest BCUT2D eigenvalue weighted by atomic mass is 10.1. The predicted octanol–water partition coefficient (Wildman–Crippen LogP) is -0.326. The van der Waals surface area contributed by atoms with Crippen LogP contribution in [0.15, 0.2) is 12.8 Å². The zero-order chi connectivity index (χ0) is 8.55. The predicted molar refractivity (Wildman–Crippen MR) is 40.6 cm³/mol. The molecule has 2 saturated heterocycles. The Morgan fingerprint density at radius 3 is 2.83 bits per heavy atom. The van der Waals surface area contributed by atoms with Gasteiger partial charge in [-0.25, -0.2) is 0 Å². The molecule has 4 heteroatoms. The van der Waals surface area contributed by atoms with Gasteiger partial charge >= 0.3 is 0 Å². The van der Waals surface area contributed by atoms with E-state index in [4.69, 9.17) is 14.2 Å². The Balaban J connectivity index is 2.00. The van der Waals surface area contributed by atoms with Crippen LogP contribution in [0.25, 0.3) is 0 Å². The number of rotatable bonds is 2.